The monoisotopic (exact) mass is 548 g/mol. The van der Waals surface area contributed by atoms with Crippen molar-refractivity contribution < 1.29 is 9.13 Å². The van der Waals surface area contributed by atoms with Gasteiger partial charge >= 0.3 is 0 Å². The summed E-state index contributed by atoms with van der Waals surface area (Å²) in [6, 6.07) is 3.33. The molecule has 1 atom stereocenters. The van der Waals surface area contributed by atoms with Crippen molar-refractivity contribution in [1.82, 2.24) is 34.4 Å². The van der Waals surface area contributed by atoms with Crippen LogP contribution in [0.4, 0.5) is 10.2 Å². The second kappa shape index (κ2) is 10.6. The third-order valence-corrected chi connectivity index (χ3v) is 8.90. The Labute approximate surface area is 235 Å². The number of rotatable bonds is 6. The molecule has 0 aliphatic carbocycles. The first-order valence-corrected chi connectivity index (χ1v) is 14.6. The standard InChI is InChI=1S/C30H41FN8O/c1-18(2)25-26-23(35-28(25)21-13-24(40-6)29-33-17-34-39(29)16-21)14-32-30(27(26)31)38-12-11-37(15-20(38)5)22-7-9-36(10-8-22)19(3)4/h13-14,16-20,22,35H,7-12,15H2,1-6H3/t20-/m1/s1. The Balaban J connectivity index is 1.31. The number of likely N-dealkylation sites (tertiary alicyclic amines) is 1. The summed E-state index contributed by atoms with van der Waals surface area (Å²) in [6.45, 7) is 15.9. The third kappa shape index (κ3) is 4.60. The number of hydrogen-bond donors (Lipinski definition) is 1. The van der Waals surface area contributed by atoms with Crippen LogP contribution in [-0.2, 0) is 0 Å². The highest BCUT2D eigenvalue weighted by Crippen LogP contribution is 2.40. The Morgan fingerprint density at radius 3 is 2.52 bits per heavy atom. The van der Waals surface area contributed by atoms with Crippen molar-refractivity contribution in [3.63, 3.8) is 0 Å². The van der Waals surface area contributed by atoms with Crippen LogP contribution >= 0.6 is 0 Å². The highest BCUT2D eigenvalue weighted by Gasteiger charge is 2.33. The zero-order valence-electron chi connectivity index (χ0n) is 24.5. The molecule has 6 heterocycles. The number of aromatic nitrogens is 5. The molecule has 0 unspecified atom stereocenters. The second-order valence-electron chi connectivity index (χ2n) is 12.0. The molecule has 1 N–H and O–H groups in total. The summed E-state index contributed by atoms with van der Waals surface area (Å²) in [4.78, 5) is 19.8. The fourth-order valence-electron chi connectivity index (χ4n) is 6.75. The van der Waals surface area contributed by atoms with Crippen LogP contribution in [0.3, 0.4) is 0 Å². The molecule has 9 nitrogen and oxygen atoms in total. The summed E-state index contributed by atoms with van der Waals surface area (Å²) in [7, 11) is 1.62. The van der Waals surface area contributed by atoms with Crippen LogP contribution in [-0.4, -0.2) is 92.3 Å². The van der Waals surface area contributed by atoms with Crippen molar-refractivity contribution >= 4 is 22.4 Å². The summed E-state index contributed by atoms with van der Waals surface area (Å²) in [5.41, 5.74) is 3.98. The Hall–Kier alpha value is -3.24. The zero-order chi connectivity index (χ0) is 28.1. The highest BCUT2D eigenvalue weighted by atomic mass is 19.1. The minimum Gasteiger partial charge on any atom is -0.493 e. The Morgan fingerprint density at radius 2 is 1.85 bits per heavy atom. The van der Waals surface area contributed by atoms with Gasteiger partial charge in [0.05, 0.1) is 24.5 Å². The molecule has 2 saturated heterocycles. The molecule has 10 heteroatoms. The molecule has 214 valence electrons. The molecule has 4 aromatic rings. The minimum absolute atomic E-state index is 0.0805. The Morgan fingerprint density at radius 1 is 1.07 bits per heavy atom. The first kappa shape index (κ1) is 27.0. The molecular weight excluding hydrogens is 507 g/mol. The molecule has 0 saturated carbocycles. The van der Waals surface area contributed by atoms with Gasteiger partial charge in [-0.15, -0.1) is 0 Å². The number of piperidine rings is 1. The van der Waals surface area contributed by atoms with Crippen molar-refractivity contribution in [1.29, 1.82) is 0 Å². The van der Waals surface area contributed by atoms with E-state index in [1.807, 2.05) is 12.3 Å². The van der Waals surface area contributed by atoms with Crippen LogP contribution in [0.25, 0.3) is 27.8 Å². The lowest BCUT2D eigenvalue weighted by molar-refractivity contribution is 0.0802. The Kier molecular flexibility index (Phi) is 7.16. The molecular formula is C30H41FN8O. The van der Waals surface area contributed by atoms with Gasteiger partial charge in [-0.25, -0.2) is 18.9 Å². The van der Waals surface area contributed by atoms with E-state index in [1.54, 1.807) is 17.8 Å². The highest BCUT2D eigenvalue weighted by molar-refractivity contribution is 5.93. The van der Waals surface area contributed by atoms with Crippen LogP contribution in [0.2, 0.25) is 0 Å². The van der Waals surface area contributed by atoms with E-state index in [4.69, 9.17) is 4.74 Å². The lowest BCUT2D eigenvalue weighted by Gasteiger charge is -2.46. The molecule has 0 aromatic carbocycles. The quantitative estimate of drug-likeness (QED) is 0.366. The molecule has 0 radical (unpaired) electrons. The van der Waals surface area contributed by atoms with Crippen molar-refractivity contribution in [3.8, 4) is 17.0 Å². The van der Waals surface area contributed by atoms with Crippen LogP contribution in [0.5, 0.6) is 5.75 Å². The maximum absolute atomic E-state index is 16.5. The van der Waals surface area contributed by atoms with Gasteiger partial charge in [0.15, 0.2) is 23.0 Å². The molecule has 2 fully saturated rings. The molecule has 2 aliphatic heterocycles. The SMILES string of the molecule is COc1cc(-c2[nH]c3cnc(N4CCN(C5CCN(C(C)C)CC5)C[C@H]4C)c(F)c3c2C(C)C)cn2ncnc12. The largest absolute Gasteiger partial charge is 0.493 e. The van der Waals surface area contributed by atoms with Gasteiger partial charge in [-0.3, -0.25) is 4.90 Å². The lowest BCUT2D eigenvalue weighted by Crippen LogP contribution is -2.57. The number of halogens is 1. The topological polar surface area (TPSA) is 77.8 Å². The number of nitrogens with zero attached hydrogens (tertiary/aromatic N) is 7. The molecule has 40 heavy (non-hydrogen) atoms. The van der Waals surface area contributed by atoms with Crippen LogP contribution in [0.15, 0.2) is 24.8 Å². The van der Waals surface area contributed by atoms with Crippen LogP contribution in [0, 0.1) is 5.82 Å². The summed E-state index contributed by atoms with van der Waals surface area (Å²) < 4.78 is 23.8. The van der Waals surface area contributed by atoms with Crippen molar-refractivity contribution in [2.75, 3.05) is 44.7 Å². The normalized spacial score (nSPS) is 20.0. The van der Waals surface area contributed by atoms with E-state index in [0.29, 0.717) is 40.2 Å². The van der Waals surface area contributed by atoms with E-state index in [1.165, 1.54) is 19.2 Å². The Bertz CT molecular complexity index is 1500. The number of aromatic amines is 1. The minimum atomic E-state index is -0.247. The predicted octanol–water partition coefficient (Wildman–Crippen LogP) is 4.93. The smallest absolute Gasteiger partial charge is 0.197 e. The van der Waals surface area contributed by atoms with Gasteiger partial charge in [-0.1, -0.05) is 13.8 Å². The molecule has 0 spiro atoms. The summed E-state index contributed by atoms with van der Waals surface area (Å²) in [5.74, 6) is 0.898. The van der Waals surface area contributed by atoms with Crippen molar-refractivity contribution in [2.45, 2.75) is 71.5 Å². The van der Waals surface area contributed by atoms with Gasteiger partial charge in [0.2, 0.25) is 0 Å². The molecule has 0 bridgehead atoms. The van der Waals surface area contributed by atoms with Crippen LogP contribution in [0.1, 0.15) is 58.9 Å². The van der Waals surface area contributed by atoms with Crippen molar-refractivity contribution in [3.05, 3.63) is 36.2 Å². The van der Waals surface area contributed by atoms with E-state index in [0.717, 1.165) is 49.5 Å². The summed E-state index contributed by atoms with van der Waals surface area (Å²) >= 11 is 0. The number of hydrogen-bond acceptors (Lipinski definition) is 7. The number of ether oxygens (including phenoxy) is 1. The fourth-order valence-corrected chi connectivity index (χ4v) is 6.75. The summed E-state index contributed by atoms with van der Waals surface area (Å²) in [6.07, 6.45) is 7.61. The van der Waals surface area contributed by atoms with E-state index < -0.39 is 0 Å². The average molecular weight is 549 g/mol. The number of methoxy groups -OCH3 is 1. The van der Waals surface area contributed by atoms with E-state index in [-0.39, 0.29) is 17.8 Å². The maximum Gasteiger partial charge on any atom is 0.197 e. The van der Waals surface area contributed by atoms with Gasteiger partial charge < -0.3 is 19.5 Å². The summed E-state index contributed by atoms with van der Waals surface area (Å²) in [5, 5.41) is 4.92. The van der Waals surface area contributed by atoms with Gasteiger partial charge in [-0.05, 0) is 64.3 Å². The van der Waals surface area contributed by atoms with E-state index in [2.05, 4.69) is 69.4 Å². The number of fused-ring (bicyclic) bond motifs is 2. The first-order valence-electron chi connectivity index (χ1n) is 14.6. The molecule has 2 aliphatic rings. The number of pyridine rings is 2. The number of anilines is 1. The number of nitrogens with one attached hydrogen (secondary N) is 1. The average Bonchev–Trinajstić information content (AvgIpc) is 3.58. The number of H-pyrrole nitrogens is 1. The second-order valence-corrected chi connectivity index (χ2v) is 12.0. The zero-order valence-corrected chi connectivity index (χ0v) is 24.5. The fraction of sp³-hybridized carbons (Fsp3) is 0.567. The van der Waals surface area contributed by atoms with Crippen molar-refractivity contribution in [2.24, 2.45) is 0 Å². The third-order valence-electron chi connectivity index (χ3n) is 8.90. The predicted molar refractivity (Wildman–Crippen MR) is 157 cm³/mol. The van der Waals surface area contributed by atoms with E-state index in [9.17, 15) is 0 Å². The lowest BCUT2D eigenvalue weighted by atomic mass is 9.96. The maximum atomic E-state index is 16.5. The van der Waals surface area contributed by atoms with E-state index >= 15 is 4.39 Å². The van der Waals surface area contributed by atoms with Crippen LogP contribution < -0.4 is 9.64 Å². The first-order chi connectivity index (χ1) is 19.3. The van der Waals surface area contributed by atoms with Gasteiger partial charge in [0, 0.05) is 54.9 Å². The molecule has 0 amide bonds. The number of piperazine rings is 1. The van der Waals surface area contributed by atoms with Gasteiger partial charge in [-0.2, -0.15) is 5.10 Å². The molecule has 4 aromatic heterocycles. The van der Waals surface area contributed by atoms with Gasteiger partial charge in [0.25, 0.3) is 0 Å². The van der Waals surface area contributed by atoms with Gasteiger partial charge in [0.1, 0.15) is 6.33 Å². The molecule has 6 rings (SSSR count).